The largest absolute Gasteiger partial charge is 0.524 e. The van der Waals surface area contributed by atoms with E-state index in [9.17, 15) is 14.8 Å². The van der Waals surface area contributed by atoms with E-state index in [0.29, 0.717) is 10.8 Å². The van der Waals surface area contributed by atoms with Gasteiger partial charge in [0.2, 0.25) is 0 Å². The van der Waals surface area contributed by atoms with Gasteiger partial charge in [-0.3, -0.25) is 9.79 Å². The fourth-order valence-corrected chi connectivity index (χ4v) is 2.76. The van der Waals surface area contributed by atoms with Crippen LogP contribution in [0.5, 0.6) is 17.2 Å². The van der Waals surface area contributed by atoms with Gasteiger partial charge >= 0.3 is 7.82 Å². The number of phosphoric acid groups is 1. The lowest BCUT2D eigenvalue weighted by molar-refractivity contribution is 0.284. The van der Waals surface area contributed by atoms with Gasteiger partial charge in [0.25, 0.3) is 0 Å². The van der Waals surface area contributed by atoms with Crippen molar-refractivity contribution in [1.29, 1.82) is 0 Å². The predicted molar refractivity (Wildman–Crippen MR) is 77.5 cm³/mol. The van der Waals surface area contributed by atoms with Gasteiger partial charge in [0.15, 0.2) is 0 Å². The van der Waals surface area contributed by atoms with Crippen LogP contribution in [0, 0.1) is 0 Å². The molecule has 21 heavy (non-hydrogen) atoms. The minimum atomic E-state index is -4.76. The average molecular weight is 306 g/mol. The first-order chi connectivity index (χ1) is 9.87. The molecule has 4 N–H and O–H groups in total. The summed E-state index contributed by atoms with van der Waals surface area (Å²) in [7, 11) is -4.76. The van der Waals surface area contributed by atoms with Crippen molar-refractivity contribution in [3.05, 3.63) is 42.5 Å². The Morgan fingerprint density at radius 1 is 0.905 bits per heavy atom. The molecule has 7 heteroatoms. The molecular formula is C14H11O6P. The highest BCUT2D eigenvalue weighted by Crippen LogP contribution is 2.46. The molecule has 0 amide bonds. The lowest BCUT2D eigenvalue weighted by Gasteiger charge is -2.13. The standard InChI is InChI=1S/C14H11O6P/c15-10-5-1-3-8-7-9-4-2-6-11(20-21(17,18)19)13(9)14(16)12(8)10/h1-7,15-16H,(H2,17,18,19). The summed E-state index contributed by atoms with van der Waals surface area (Å²) in [5.74, 6) is -0.564. The monoisotopic (exact) mass is 306 g/mol. The molecule has 0 bridgehead atoms. The summed E-state index contributed by atoms with van der Waals surface area (Å²) in [5.41, 5.74) is 0. The SMILES string of the molecule is O=P(O)(O)Oc1cccc2cc3cccc(O)c3c(O)c12. The summed E-state index contributed by atoms with van der Waals surface area (Å²) in [6.45, 7) is 0. The number of fused-ring (bicyclic) bond motifs is 2. The first-order valence-corrected chi connectivity index (χ1v) is 7.51. The summed E-state index contributed by atoms with van der Waals surface area (Å²) in [5, 5.41) is 21.7. The molecule has 0 heterocycles. The van der Waals surface area contributed by atoms with E-state index in [-0.39, 0.29) is 28.0 Å². The van der Waals surface area contributed by atoms with Crippen molar-refractivity contribution >= 4 is 29.4 Å². The molecule has 0 aliphatic carbocycles. The fourth-order valence-electron chi connectivity index (χ4n) is 2.35. The molecule has 0 saturated heterocycles. The number of hydrogen-bond donors (Lipinski definition) is 4. The van der Waals surface area contributed by atoms with Crippen molar-refractivity contribution in [2.45, 2.75) is 0 Å². The number of phosphoric ester groups is 1. The molecule has 3 rings (SSSR count). The maximum absolute atomic E-state index is 11.0. The molecule has 0 aliphatic rings. The van der Waals surface area contributed by atoms with Gasteiger partial charge in [0.05, 0.1) is 10.8 Å². The van der Waals surface area contributed by atoms with Crippen LogP contribution in [0.3, 0.4) is 0 Å². The van der Waals surface area contributed by atoms with Crippen LogP contribution in [0.15, 0.2) is 42.5 Å². The highest BCUT2D eigenvalue weighted by Gasteiger charge is 2.20. The van der Waals surface area contributed by atoms with Gasteiger partial charge in [-0.1, -0.05) is 24.3 Å². The van der Waals surface area contributed by atoms with Crippen LogP contribution in [0.1, 0.15) is 0 Å². The highest BCUT2D eigenvalue weighted by atomic mass is 31.2. The Bertz CT molecular complexity index is 899. The topological polar surface area (TPSA) is 107 Å². The molecule has 0 aliphatic heterocycles. The van der Waals surface area contributed by atoms with Gasteiger partial charge in [0.1, 0.15) is 17.2 Å². The van der Waals surface area contributed by atoms with E-state index in [1.165, 1.54) is 12.1 Å². The lowest BCUT2D eigenvalue weighted by atomic mass is 10.0. The molecular weight excluding hydrogens is 295 g/mol. The Hall–Kier alpha value is -2.27. The van der Waals surface area contributed by atoms with Crippen LogP contribution in [0.2, 0.25) is 0 Å². The quantitative estimate of drug-likeness (QED) is 0.428. The van der Waals surface area contributed by atoms with Gasteiger partial charge in [-0.15, -0.1) is 0 Å². The van der Waals surface area contributed by atoms with Crippen molar-refractivity contribution in [3.63, 3.8) is 0 Å². The molecule has 0 aromatic heterocycles. The molecule has 108 valence electrons. The van der Waals surface area contributed by atoms with Gasteiger partial charge in [-0.25, -0.2) is 4.57 Å². The molecule has 3 aromatic rings. The Balaban J connectivity index is 2.42. The number of phenolic OH excluding ortho intramolecular Hbond substituents is 2. The van der Waals surface area contributed by atoms with Gasteiger partial charge in [-0.2, -0.15) is 0 Å². The van der Waals surface area contributed by atoms with E-state index in [1.54, 1.807) is 30.3 Å². The number of phenols is 2. The first-order valence-electron chi connectivity index (χ1n) is 5.98. The minimum absolute atomic E-state index is 0.127. The van der Waals surface area contributed by atoms with Gasteiger partial charge in [0, 0.05) is 0 Å². The Morgan fingerprint density at radius 2 is 1.52 bits per heavy atom. The molecule has 0 atom stereocenters. The van der Waals surface area contributed by atoms with E-state index in [1.807, 2.05) is 0 Å². The summed E-state index contributed by atoms with van der Waals surface area (Å²) in [4.78, 5) is 17.9. The molecule has 0 unspecified atom stereocenters. The maximum atomic E-state index is 11.0. The Morgan fingerprint density at radius 3 is 2.19 bits per heavy atom. The van der Waals surface area contributed by atoms with E-state index >= 15 is 0 Å². The second-order valence-electron chi connectivity index (χ2n) is 4.54. The van der Waals surface area contributed by atoms with E-state index in [0.717, 1.165) is 0 Å². The summed E-state index contributed by atoms with van der Waals surface area (Å²) >= 11 is 0. The lowest BCUT2D eigenvalue weighted by Crippen LogP contribution is -1.91. The van der Waals surface area contributed by atoms with Crippen LogP contribution in [-0.4, -0.2) is 20.0 Å². The summed E-state index contributed by atoms with van der Waals surface area (Å²) in [6.07, 6.45) is 0. The second kappa shape index (κ2) is 4.63. The van der Waals surface area contributed by atoms with Gasteiger partial charge < -0.3 is 14.7 Å². The normalized spacial score (nSPS) is 11.9. The number of rotatable bonds is 2. The van der Waals surface area contributed by atoms with Crippen molar-refractivity contribution < 1.29 is 29.1 Å². The molecule has 6 nitrogen and oxygen atoms in total. The van der Waals surface area contributed by atoms with E-state index in [2.05, 4.69) is 4.52 Å². The number of hydrogen-bond acceptors (Lipinski definition) is 4. The number of benzene rings is 3. The predicted octanol–water partition coefficient (Wildman–Crippen LogP) is 2.88. The molecule has 0 radical (unpaired) electrons. The maximum Gasteiger partial charge on any atom is 0.524 e. The zero-order chi connectivity index (χ0) is 15.2. The minimum Gasteiger partial charge on any atom is -0.507 e. The van der Waals surface area contributed by atoms with Crippen molar-refractivity contribution in [2.24, 2.45) is 0 Å². The fraction of sp³-hybridized carbons (Fsp3) is 0. The second-order valence-corrected chi connectivity index (χ2v) is 5.70. The number of aromatic hydroxyl groups is 2. The summed E-state index contributed by atoms with van der Waals surface area (Å²) < 4.78 is 15.6. The van der Waals surface area contributed by atoms with Crippen LogP contribution in [-0.2, 0) is 4.57 Å². The molecule has 0 fully saturated rings. The van der Waals surface area contributed by atoms with Crippen molar-refractivity contribution in [2.75, 3.05) is 0 Å². The Labute approximate surface area is 119 Å². The Kier molecular flexibility index (Phi) is 3.02. The first kappa shape index (κ1) is 13.7. The molecule has 0 spiro atoms. The van der Waals surface area contributed by atoms with Gasteiger partial charge in [-0.05, 0) is 29.0 Å². The van der Waals surface area contributed by atoms with E-state index < -0.39 is 7.82 Å². The smallest absolute Gasteiger partial charge is 0.507 e. The third-order valence-electron chi connectivity index (χ3n) is 3.14. The summed E-state index contributed by atoms with van der Waals surface area (Å²) in [6, 6.07) is 11.0. The zero-order valence-corrected chi connectivity index (χ0v) is 11.5. The average Bonchev–Trinajstić information content (AvgIpc) is 2.36. The van der Waals surface area contributed by atoms with Crippen molar-refractivity contribution in [3.8, 4) is 17.2 Å². The molecule has 3 aromatic carbocycles. The van der Waals surface area contributed by atoms with Crippen LogP contribution in [0.25, 0.3) is 21.5 Å². The van der Waals surface area contributed by atoms with Crippen LogP contribution in [0.4, 0.5) is 0 Å². The zero-order valence-electron chi connectivity index (χ0n) is 10.6. The van der Waals surface area contributed by atoms with Crippen LogP contribution < -0.4 is 4.52 Å². The highest BCUT2D eigenvalue weighted by molar-refractivity contribution is 7.46. The molecule has 0 saturated carbocycles. The van der Waals surface area contributed by atoms with Crippen LogP contribution >= 0.6 is 7.82 Å². The van der Waals surface area contributed by atoms with E-state index in [4.69, 9.17) is 9.79 Å². The van der Waals surface area contributed by atoms with Crippen molar-refractivity contribution in [1.82, 2.24) is 0 Å². The third-order valence-corrected chi connectivity index (χ3v) is 3.57. The third kappa shape index (κ3) is 2.40.